The summed E-state index contributed by atoms with van der Waals surface area (Å²) in [6.45, 7) is 10.6. The van der Waals surface area contributed by atoms with Gasteiger partial charge in [-0.25, -0.2) is 4.98 Å². The van der Waals surface area contributed by atoms with Crippen LogP contribution in [0.1, 0.15) is 27.7 Å². The Balaban J connectivity index is 2.24. The molecule has 0 aliphatic carbocycles. The van der Waals surface area contributed by atoms with Crippen molar-refractivity contribution in [3.05, 3.63) is 36.7 Å². The first-order chi connectivity index (χ1) is 9.65. The third kappa shape index (κ3) is 3.13. The van der Waals surface area contributed by atoms with E-state index in [9.17, 15) is 0 Å². The summed E-state index contributed by atoms with van der Waals surface area (Å²) in [7, 11) is 0. The summed E-state index contributed by atoms with van der Waals surface area (Å²) in [4.78, 5) is 6.70. The summed E-state index contributed by atoms with van der Waals surface area (Å²) in [5.74, 6) is 0.885. The fourth-order valence-electron chi connectivity index (χ4n) is 2.29. The molecule has 1 N–H and O–H groups in total. The normalized spacial score (nSPS) is 10.8. The zero-order chi connectivity index (χ0) is 14.5. The largest absolute Gasteiger partial charge is 0.372 e. The van der Waals surface area contributed by atoms with E-state index in [1.165, 1.54) is 5.69 Å². The van der Waals surface area contributed by atoms with Crippen LogP contribution in [0.15, 0.2) is 36.7 Å². The van der Waals surface area contributed by atoms with E-state index in [1.807, 2.05) is 12.4 Å². The van der Waals surface area contributed by atoms with Gasteiger partial charge in [0, 0.05) is 42.9 Å². The zero-order valence-electron chi connectivity index (χ0n) is 12.8. The number of imidazole rings is 1. The first kappa shape index (κ1) is 14.4. The second-order valence-electron chi connectivity index (χ2n) is 5.11. The third-order valence-electron chi connectivity index (χ3n) is 3.31. The van der Waals surface area contributed by atoms with Crippen molar-refractivity contribution >= 4 is 11.6 Å². The van der Waals surface area contributed by atoms with Crippen molar-refractivity contribution < 1.29 is 0 Å². The lowest BCUT2D eigenvalue weighted by molar-refractivity contribution is 0.860. The van der Waals surface area contributed by atoms with Gasteiger partial charge in [0.25, 0.3) is 0 Å². The summed E-state index contributed by atoms with van der Waals surface area (Å²) in [6.07, 6.45) is 3.81. The van der Waals surface area contributed by atoms with E-state index >= 15 is 0 Å². The number of anilines is 2. The van der Waals surface area contributed by atoms with Gasteiger partial charge in [-0.3, -0.25) is 4.57 Å². The lowest BCUT2D eigenvalue weighted by Gasteiger charge is -2.21. The molecule has 0 aliphatic heterocycles. The van der Waals surface area contributed by atoms with Gasteiger partial charge in [-0.2, -0.15) is 0 Å². The quantitative estimate of drug-likeness (QED) is 0.873. The second-order valence-corrected chi connectivity index (χ2v) is 5.11. The molecular formula is C16H24N4. The average molecular weight is 272 g/mol. The smallest absolute Gasteiger partial charge is 0.207 e. The molecule has 2 aromatic rings. The predicted molar refractivity (Wildman–Crippen MR) is 85.9 cm³/mol. The maximum Gasteiger partial charge on any atom is 0.207 e. The Bertz CT molecular complexity index is 524. The highest BCUT2D eigenvalue weighted by Gasteiger charge is 2.07. The molecule has 0 saturated heterocycles. The van der Waals surface area contributed by atoms with Gasteiger partial charge in [0.1, 0.15) is 0 Å². The zero-order valence-corrected chi connectivity index (χ0v) is 12.8. The van der Waals surface area contributed by atoms with Crippen LogP contribution in [0.3, 0.4) is 0 Å². The van der Waals surface area contributed by atoms with Crippen molar-refractivity contribution in [3.8, 4) is 5.69 Å². The van der Waals surface area contributed by atoms with E-state index in [2.05, 4.69) is 71.7 Å². The highest BCUT2D eigenvalue weighted by atomic mass is 15.2. The molecule has 4 nitrogen and oxygen atoms in total. The molecule has 0 bridgehead atoms. The second kappa shape index (κ2) is 6.46. The Labute approximate surface area is 121 Å². The third-order valence-corrected chi connectivity index (χ3v) is 3.31. The van der Waals surface area contributed by atoms with E-state index in [4.69, 9.17) is 0 Å². The molecule has 0 saturated carbocycles. The molecule has 0 aliphatic rings. The van der Waals surface area contributed by atoms with Crippen LogP contribution in [0.4, 0.5) is 11.6 Å². The molecular weight excluding hydrogens is 248 g/mol. The fraction of sp³-hybridized carbons (Fsp3) is 0.438. The minimum atomic E-state index is 0.367. The summed E-state index contributed by atoms with van der Waals surface area (Å²) in [5.41, 5.74) is 2.39. The maximum absolute atomic E-state index is 4.36. The molecule has 0 atom stereocenters. The summed E-state index contributed by atoms with van der Waals surface area (Å²) in [6, 6.07) is 8.98. The van der Waals surface area contributed by atoms with Crippen LogP contribution < -0.4 is 10.2 Å². The van der Waals surface area contributed by atoms with Crippen molar-refractivity contribution in [2.24, 2.45) is 0 Å². The van der Waals surface area contributed by atoms with Crippen LogP contribution in [0, 0.1) is 0 Å². The summed E-state index contributed by atoms with van der Waals surface area (Å²) >= 11 is 0. The van der Waals surface area contributed by atoms with E-state index < -0.39 is 0 Å². The first-order valence-electron chi connectivity index (χ1n) is 7.31. The summed E-state index contributed by atoms with van der Waals surface area (Å²) in [5, 5.41) is 3.35. The Kier molecular flexibility index (Phi) is 4.66. The molecule has 0 amide bonds. The van der Waals surface area contributed by atoms with Crippen LogP contribution in [0.2, 0.25) is 0 Å². The van der Waals surface area contributed by atoms with Gasteiger partial charge in [-0.15, -0.1) is 0 Å². The van der Waals surface area contributed by atoms with Crippen LogP contribution in [-0.2, 0) is 0 Å². The molecule has 1 aromatic heterocycles. The number of nitrogens with one attached hydrogen (secondary N) is 1. The van der Waals surface area contributed by atoms with Crippen molar-refractivity contribution in [1.82, 2.24) is 9.55 Å². The van der Waals surface area contributed by atoms with Crippen LogP contribution in [-0.4, -0.2) is 28.7 Å². The number of benzene rings is 1. The Morgan fingerprint density at radius 1 is 1.15 bits per heavy atom. The van der Waals surface area contributed by atoms with Crippen LogP contribution in [0.25, 0.3) is 5.69 Å². The topological polar surface area (TPSA) is 33.1 Å². The van der Waals surface area contributed by atoms with Gasteiger partial charge in [0.05, 0.1) is 0 Å². The Morgan fingerprint density at radius 3 is 2.35 bits per heavy atom. The standard InChI is InChI=1S/C16H24N4/c1-5-19(6-2)14-7-9-15(10-8-14)20-12-11-17-16(20)18-13(3)4/h7-13H,5-6H2,1-4H3,(H,17,18). The van der Waals surface area contributed by atoms with Gasteiger partial charge in [0.15, 0.2) is 0 Å². The molecule has 1 aromatic carbocycles. The van der Waals surface area contributed by atoms with E-state index in [0.29, 0.717) is 6.04 Å². The molecule has 0 fully saturated rings. The molecule has 20 heavy (non-hydrogen) atoms. The lowest BCUT2D eigenvalue weighted by atomic mass is 10.2. The van der Waals surface area contributed by atoms with Crippen LogP contribution in [0.5, 0.6) is 0 Å². The summed E-state index contributed by atoms with van der Waals surface area (Å²) < 4.78 is 2.08. The van der Waals surface area contributed by atoms with Crippen molar-refractivity contribution in [1.29, 1.82) is 0 Å². The van der Waals surface area contributed by atoms with Gasteiger partial charge in [0.2, 0.25) is 5.95 Å². The molecule has 108 valence electrons. The average Bonchev–Trinajstić information content (AvgIpc) is 2.88. The maximum atomic E-state index is 4.36. The lowest BCUT2D eigenvalue weighted by Crippen LogP contribution is -2.21. The number of hydrogen-bond donors (Lipinski definition) is 1. The Morgan fingerprint density at radius 2 is 1.80 bits per heavy atom. The monoisotopic (exact) mass is 272 g/mol. The molecule has 4 heteroatoms. The van der Waals surface area contributed by atoms with Crippen LogP contribution >= 0.6 is 0 Å². The SMILES string of the molecule is CCN(CC)c1ccc(-n2ccnc2NC(C)C)cc1. The molecule has 0 spiro atoms. The number of nitrogens with zero attached hydrogens (tertiary/aromatic N) is 3. The van der Waals surface area contributed by atoms with E-state index in [-0.39, 0.29) is 0 Å². The molecule has 0 radical (unpaired) electrons. The van der Waals surface area contributed by atoms with Gasteiger partial charge in [-0.1, -0.05) is 0 Å². The van der Waals surface area contributed by atoms with Gasteiger partial charge in [-0.05, 0) is 52.0 Å². The Hall–Kier alpha value is -1.97. The van der Waals surface area contributed by atoms with Crippen molar-refractivity contribution in [3.63, 3.8) is 0 Å². The fourth-order valence-corrected chi connectivity index (χ4v) is 2.29. The highest BCUT2D eigenvalue weighted by Crippen LogP contribution is 2.20. The minimum absolute atomic E-state index is 0.367. The van der Waals surface area contributed by atoms with Gasteiger partial charge < -0.3 is 10.2 Å². The molecule has 2 rings (SSSR count). The number of aromatic nitrogens is 2. The number of hydrogen-bond acceptors (Lipinski definition) is 3. The van der Waals surface area contributed by atoms with E-state index in [1.54, 1.807) is 0 Å². The van der Waals surface area contributed by atoms with Crippen molar-refractivity contribution in [2.45, 2.75) is 33.7 Å². The first-order valence-corrected chi connectivity index (χ1v) is 7.31. The predicted octanol–water partition coefficient (Wildman–Crippen LogP) is 3.54. The minimum Gasteiger partial charge on any atom is -0.372 e. The number of rotatable bonds is 6. The van der Waals surface area contributed by atoms with Crippen molar-refractivity contribution in [2.75, 3.05) is 23.3 Å². The molecule has 1 heterocycles. The van der Waals surface area contributed by atoms with Gasteiger partial charge >= 0.3 is 0 Å². The molecule has 0 unspecified atom stereocenters. The highest BCUT2D eigenvalue weighted by molar-refractivity contribution is 5.52. The van der Waals surface area contributed by atoms with E-state index in [0.717, 1.165) is 24.7 Å².